The zero-order chi connectivity index (χ0) is 19.1. The Morgan fingerprint density at radius 3 is 2.70 bits per heavy atom. The molecular weight excluding hydrogens is 336 g/mol. The molecule has 0 radical (unpaired) electrons. The summed E-state index contributed by atoms with van der Waals surface area (Å²) in [6.45, 7) is 10.3. The molecule has 2 aromatic rings. The first-order valence-corrected chi connectivity index (χ1v) is 10.1. The van der Waals surface area contributed by atoms with Crippen molar-refractivity contribution in [1.82, 2.24) is 20.3 Å². The summed E-state index contributed by atoms with van der Waals surface area (Å²) < 4.78 is 0. The molecule has 3 rings (SSSR count). The molecule has 0 saturated carbocycles. The van der Waals surface area contributed by atoms with Crippen LogP contribution in [0.2, 0.25) is 0 Å². The van der Waals surface area contributed by atoms with Crippen LogP contribution in [0.15, 0.2) is 24.5 Å². The summed E-state index contributed by atoms with van der Waals surface area (Å²) in [6.07, 6.45) is 8.18. The summed E-state index contributed by atoms with van der Waals surface area (Å²) in [7, 11) is 0. The Bertz CT molecular complexity index is 724. The van der Waals surface area contributed by atoms with E-state index in [1.54, 1.807) is 0 Å². The maximum Gasteiger partial charge on any atom is 0.132 e. The number of rotatable bonds is 8. The second-order valence-electron chi connectivity index (χ2n) is 7.35. The van der Waals surface area contributed by atoms with Crippen LogP contribution in [0, 0.1) is 13.8 Å². The van der Waals surface area contributed by atoms with Gasteiger partial charge in [-0.25, -0.2) is 9.97 Å². The van der Waals surface area contributed by atoms with Crippen LogP contribution in [0.4, 0.5) is 11.5 Å². The molecule has 3 heterocycles. The van der Waals surface area contributed by atoms with Gasteiger partial charge in [0, 0.05) is 62.1 Å². The molecule has 0 aromatic carbocycles. The third-order valence-corrected chi connectivity index (χ3v) is 5.10. The lowest BCUT2D eigenvalue weighted by Gasteiger charge is -2.33. The fourth-order valence-corrected chi connectivity index (χ4v) is 3.62. The fourth-order valence-electron chi connectivity index (χ4n) is 3.62. The Morgan fingerprint density at radius 1 is 1.15 bits per heavy atom. The van der Waals surface area contributed by atoms with E-state index >= 15 is 0 Å². The molecule has 0 atom stereocenters. The molecule has 6 nitrogen and oxygen atoms in total. The second-order valence-corrected chi connectivity index (χ2v) is 7.35. The standard InChI is InChI=1S/C21H32N6/c1-4-5-19-14-21(26-17(3)25-19)27-12-7-18(8-13-27)23-10-11-24-20-6-9-22-15-16(20)2/h6,9,14-15,18,23H,4-5,7-8,10-13H2,1-3H3,(H,22,24). The maximum absolute atomic E-state index is 4.66. The van der Waals surface area contributed by atoms with E-state index in [0.717, 1.165) is 69.2 Å². The predicted molar refractivity (Wildman–Crippen MR) is 111 cm³/mol. The number of pyridine rings is 1. The summed E-state index contributed by atoms with van der Waals surface area (Å²) in [5.74, 6) is 1.98. The number of nitrogens with zero attached hydrogens (tertiary/aromatic N) is 4. The minimum Gasteiger partial charge on any atom is -0.383 e. The normalized spacial score (nSPS) is 15.1. The van der Waals surface area contributed by atoms with Crippen molar-refractivity contribution in [2.45, 2.75) is 52.5 Å². The van der Waals surface area contributed by atoms with Crippen LogP contribution in [-0.2, 0) is 6.42 Å². The Hall–Kier alpha value is -2.21. The zero-order valence-corrected chi connectivity index (χ0v) is 16.8. The number of anilines is 2. The van der Waals surface area contributed by atoms with Gasteiger partial charge < -0.3 is 15.5 Å². The molecule has 27 heavy (non-hydrogen) atoms. The van der Waals surface area contributed by atoms with E-state index in [0.29, 0.717) is 6.04 Å². The first-order valence-electron chi connectivity index (χ1n) is 10.1. The van der Waals surface area contributed by atoms with Crippen molar-refractivity contribution in [1.29, 1.82) is 0 Å². The molecule has 146 valence electrons. The second kappa shape index (κ2) is 9.65. The maximum atomic E-state index is 4.66. The molecular formula is C21H32N6. The molecule has 2 N–H and O–H groups in total. The van der Waals surface area contributed by atoms with Crippen molar-refractivity contribution >= 4 is 11.5 Å². The van der Waals surface area contributed by atoms with Gasteiger partial charge in [0.2, 0.25) is 0 Å². The molecule has 1 aliphatic rings. The largest absolute Gasteiger partial charge is 0.383 e. The number of aryl methyl sites for hydroxylation is 3. The van der Waals surface area contributed by atoms with Gasteiger partial charge in [-0.1, -0.05) is 13.3 Å². The minimum atomic E-state index is 0.583. The summed E-state index contributed by atoms with van der Waals surface area (Å²) >= 11 is 0. The van der Waals surface area contributed by atoms with Crippen LogP contribution in [0.25, 0.3) is 0 Å². The molecule has 6 heteroatoms. The average Bonchev–Trinajstić information content (AvgIpc) is 2.67. The number of aromatic nitrogens is 3. The summed E-state index contributed by atoms with van der Waals surface area (Å²) in [5.41, 5.74) is 3.52. The highest BCUT2D eigenvalue weighted by Gasteiger charge is 2.20. The van der Waals surface area contributed by atoms with E-state index in [2.05, 4.69) is 50.4 Å². The third-order valence-electron chi connectivity index (χ3n) is 5.10. The first-order chi connectivity index (χ1) is 13.2. The smallest absolute Gasteiger partial charge is 0.132 e. The molecule has 2 aromatic heterocycles. The first kappa shape index (κ1) is 19.5. The van der Waals surface area contributed by atoms with Crippen molar-refractivity contribution in [3.63, 3.8) is 0 Å². The Morgan fingerprint density at radius 2 is 1.96 bits per heavy atom. The van der Waals surface area contributed by atoms with E-state index in [1.807, 2.05) is 25.4 Å². The van der Waals surface area contributed by atoms with E-state index in [9.17, 15) is 0 Å². The van der Waals surface area contributed by atoms with E-state index < -0.39 is 0 Å². The lowest BCUT2D eigenvalue weighted by Crippen LogP contribution is -2.44. The number of hydrogen-bond acceptors (Lipinski definition) is 6. The van der Waals surface area contributed by atoms with Crippen LogP contribution in [0.1, 0.15) is 43.3 Å². The molecule has 0 spiro atoms. The van der Waals surface area contributed by atoms with Gasteiger partial charge in [0.05, 0.1) is 0 Å². The molecule has 1 fully saturated rings. The van der Waals surface area contributed by atoms with E-state index in [1.165, 1.54) is 11.3 Å². The van der Waals surface area contributed by atoms with E-state index in [4.69, 9.17) is 0 Å². The predicted octanol–water partition coefficient (Wildman–Crippen LogP) is 3.11. The van der Waals surface area contributed by atoms with Gasteiger partial charge in [-0.15, -0.1) is 0 Å². The minimum absolute atomic E-state index is 0.583. The average molecular weight is 369 g/mol. The van der Waals surface area contributed by atoms with Gasteiger partial charge in [-0.2, -0.15) is 0 Å². The van der Waals surface area contributed by atoms with Crippen LogP contribution in [-0.4, -0.2) is 47.2 Å². The van der Waals surface area contributed by atoms with Crippen LogP contribution < -0.4 is 15.5 Å². The third kappa shape index (κ3) is 5.63. The monoisotopic (exact) mass is 368 g/mol. The van der Waals surface area contributed by atoms with Crippen molar-refractivity contribution in [3.8, 4) is 0 Å². The van der Waals surface area contributed by atoms with Crippen molar-refractivity contribution in [3.05, 3.63) is 41.6 Å². The Kier molecular flexibility index (Phi) is 6.98. The van der Waals surface area contributed by atoms with Crippen molar-refractivity contribution < 1.29 is 0 Å². The SMILES string of the molecule is CCCc1cc(N2CCC(NCCNc3ccncc3C)CC2)nc(C)n1. The molecule has 0 amide bonds. The Labute approximate surface area is 162 Å². The quantitative estimate of drug-likeness (QED) is 0.698. The van der Waals surface area contributed by atoms with Gasteiger partial charge in [0.1, 0.15) is 11.6 Å². The molecule has 1 aliphatic heterocycles. The van der Waals surface area contributed by atoms with Crippen LogP contribution >= 0.6 is 0 Å². The van der Waals surface area contributed by atoms with Crippen molar-refractivity contribution in [2.75, 3.05) is 36.4 Å². The van der Waals surface area contributed by atoms with Gasteiger partial charge >= 0.3 is 0 Å². The molecule has 0 unspecified atom stereocenters. The van der Waals surface area contributed by atoms with Crippen LogP contribution in [0.5, 0.6) is 0 Å². The van der Waals surface area contributed by atoms with E-state index in [-0.39, 0.29) is 0 Å². The molecule has 0 aliphatic carbocycles. The van der Waals surface area contributed by atoms with Crippen LogP contribution in [0.3, 0.4) is 0 Å². The zero-order valence-electron chi connectivity index (χ0n) is 16.8. The topological polar surface area (TPSA) is 66.0 Å². The highest BCUT2D eigenvalue weighted by Crippen LogP contribution is 2.19. The van der Waals surface area contributed by atoms with Gasteiger partial charge in [0.15, 0.2) is 0 Å². The highest BCUT2D eigenvalue weighted by atomic mass is 15.2. The highest BCUT2D eigenvalue weighted by molar-refractivity contribution is 5.48. The summed E-state index contributed by atoms with van der Waals surface area (Å²) in [5, 5.41) is 7.17. The molecule has 0 bridgehead atoms. The lowest BCUT2D eigenvalue weighted by molar-refractivity contribution is 0.419. The van der Waals surface area contributed by atoms with Gasteiger partial charge in [-0.05, 0) is 44.7 Å². The number of piperidine rings is 1. The summed E-state index contributed by atoms with van der Waals surface area (Å²) in [6, 6.07) is 4.79. The fraction of sp³-hybridized carbons (Fsp3) is 0.571. The molecule has 1 saturated heterocycles. The lowest BCUT2D eigenvalue weighted by atomic mass is 10.0. The Balaban J connectivity index is 1.42. The number of hydrogen-bond donors (Lipinski definition) is 2. The van der Waals surface area contributed by atoms with Gasteiger partial charge in [0.25, 0.3) is 0 Å². The van der Waals surface area contributed by atoms with Gasteiger partial charge in [-0.3, -0.25) is 4.98 Å². The van der Waals surface area contributed by atoms with Crippen molar-refractivity contribution in [2.24, 2.45) is 0 Å². The number of nitrogens with one attached hydrogen (secondary N) is 2. The summed E-state index contributed by atoms with van der Waals surface area (Å²) in [4.78, 5) is 15.8.